The molecule has 1 aromatic heterocycles. The van der Waals surface area contributed by atoms with Gasteiger partial charge in [0.25, 0.3) is 0 Å². The Labute approximate surface area is 153 Å². The van der Waals surface area contributed by atoms with Gasteiger partial charge in [0.05, 0.1) is 30.3 Å². The van der Waals surface area contributed by atoms with Crippen LogP contribution in [0.4, 0.5) is 0 Å². The number of imidazole rings is 1. The summed E-state index contributed by atoms with van der Waals surface area (Å²) in [7, 11) is 1.41. The molecule has 0 aliphatic carbocycles. The van der Waals surface area contributed by atoms with E-state index in [0.717, 1.165) is 42.1 Å². The highest BCUT2D eigenvalue weighted by Crippen LogP contribution is 2.21. The van der Waals surface area contributed by atoms with Crippen molar-refractivity contribution in [3.05, 3.63) is 65.5 Å². The van der Waals surface area contributed by atoms with Crippen LogP contribution in [-0.4, -0.2) is 40.6 Å². The normalized spacial score (nSPS) is 14.8. The molecule has 26 heavy (non-hydrogen) atoms. The van der Waals surface area contributed by atoms with Crippen molar-refractivity contribution in [2.45, 2.75) is 25.9 Å². The summed E-state index contributed by atoms with van der Waals surface area (Å²) in [4.78, 5) is 19.2. The fourth-order valence-corrected chi connectivity index (χ4v) is 3.66. The van der Waals surface area contributed by atoms with Gasteiger partial charge in [0.15, 0.2) is 0 Å². The number of aromatic nitrogens is 2. The van der Waals surface area contributed by atoms with E-state index in [-0.39, 0.29) is 5.97 Å². The van der Waals surface area contributed by atoms with Crippen LogP contribution < -0.4 is 0 Å². The molecule has 3 aromatic rings. The molecular formula is C21H23N3O2. The molecule has 0 bridgehead atoms. The molecule has 0 radical (unpaired) electrons. The van der Waals surface area contributed by atoms with Crippen molar-refractivity contribution in [3.63, 3.8) is 0 Å². The monoisotopic (exact) mass is 349 g/mol. The second-order valence-electron chi connectivity index (χ2n) is 6.78. The zero-order valence-electron chi connectivity index (χ0n) is 15.0. The van der Waals surface area contributed by atoms with Crippen LogP contribution in [0.5, 0.6) is 0 Å². The third-order valence-electron chi connectivity index (χ3n) is 4.99. The molecule has 5 nitrogen and oxygen atoms in total. The lowest BCUT2D eigenvalue weighted by Gasteiger charge is -2.16. The molecule has 1 aliphatic rings. The highest BCUT2D eigenvalue weighted by Gasteiger charge is 2.17. The highest BCUT2D eigenvalue weighted by atomic mass is 16.5. The number of ether oxygens (including phenoxy) is 1. The molecule has 0 atom stereocenters. The lowest BCUT2D eigenvalue weighted by Crippen LogP contribution is -2.21. The third-order valence-corrected chi connectivity index (χ3v) is 4.99. The van der Waals surface area contributed by atoms with Gasteiger partial charge in [-0.2, -0.15) is 0 Å². The lowest BCUT2D eigenvalue weighted by atomic mass is 10.1. The van der Waals surface area contributed by atoms with Gasteiger partial charge in [0.2, 0.25) is 0 Å². The van der Waals surface area contributed by atoms with Crippen LogP contribution in [0.2, 0.25) is 0 Å². The Morgan fingerprint density at radius 1 is 1.08 bits per heavy atom. The maximum atomic E-state index is 11.8. The maximum absolute atomic E-state index is 11.8. The van der Waals surface area contributed by atoms with Crippen molar-refractivity contribution in [1.29, 1.82) is 0 Å². The molecular weight excluding hydrogens is 326 g/mol. The molecule has 134 valence electrons. The first-order valence-electron chi connectivity index (χ1n) is 9.08. The third kappa shape index (κ3) is 3.35. The number of hydrogen-bond acceptors (Lipinski definition) is 4. The van der Waals surface area contributed by atoms with E-state index in [1.807, 2.05) is 30.3 Å². The lowest BCUT2D eigenvalue weighted by molar-refractivity contribution is 0.0600. The smallest absolute Gasteiger partial charge is 0.337 e. The molecule has 2 heterocycles. The number of benzene rings is 2. The minimum absolute atomic E-state index is 0.306. The van der Waals surface area contributed by atoms with Gasteiger partial charge < -0.3 is 9.30 Å². The Balaban J connectivity index is 1.69. The minimum Gasteiger partial charge on any atom is -0.465 e. The van der Waals surface area contributed by atoms with Crippen LogP contribution in [0.15, 0.2) is 48.5 Å². The van der Waals surface area contributed by atoms with Crippen molar-refractivity contribution < 1.29 is 9.53 Å². The van der Waals surface area contributed by atoms with Crippen LogP contribution >= 0.6 is 0 Å². The van der Waals surface area contributed by atoms with E-state index >= 15 is 0 Å². The number of hydrogen-bond donors (Lipinski definition) is 0. The first kappa shape index (κ1) is 16.8. The molecule has 4 rings (SSSR count). The minimum atomic E-state index is -0.306. The van der Waals surface area contributed by atoms with Crippen molar-refractivity contribution >= 4 is 17.0 Å². The topological polar surface area (TPSA) is 47.4 Å². The number of carbonyl (C=O) groups excluding carboxylic acids is 1. The summed E-state index contributed by atoms with van der Waals surface area (Å²) < 4.78 is 7.11. The molecule has 0 N–H and O–H groups in total. The van der Waals surface area contributed by atoms with E-state index in [9.17, 15) is 4.79 Å². The Kier molecular flexibility index (Phi) is 4.71. The molecule has 0 amide bonds. The van der Waals surface area contributed by atoms with Crippen molar-refractivity contribution in [2.24, 2.45) is 0 Å². The van der Waals surface area contributed by atoms with Gasteiger partial charge in [-0.3, -0.25) is 4.90 Å². The van der Waals surface area contributed by atoms with Crippen LogP contribution in [0.1, 0.15) is 34.6 Å². The number of likely N-dealkylation sites (tertiary alicyclic amines) is 1. The van der Waals surface area contributed by atoms with Gasteiger partial charge in [-0.05, 0) is 55.8 Å². The summed E-state index contributed by atoms with van der Waals surface area (Å²) in [5, 5.41) is 0. The zero-order valence-corrected chi connectivity index (χ0v) is 15.0. The molecule has 5 heteroatoms. The molecule has 0 unspecified atom stereocenters. The fourth-order valence-electron chi connectivity index (χ4n) is 3.66. The van der Waals surface area contributed by atoms with Crippen LogP contribution in [0, 0.1) is 0 Å². The highest BCUT2D eigenvalue weighted by molar-refractivity contribution is 5.89. The Bertz CT molecular complexity index is 926. The quantitative estimate of drug-likeness (QED) is 0.662. The second-order valence-corrected chi connectivity index (χ2v) is 6.78. The maximum Gasteiger partial charge on any atom is 0.337 e. The number of rotatable bonds is 5. The number of carbonyl (C=O) groups is 1. The second kappa shape index (κ2) is 7.30. The van der Waals surface area contributed by atoms with Gasteiger partial charge in [-0.1, -0.05) is 24.3 Å². The van der Waals surface area contributed by atoms with Gasteiger partial charge in [0, 0.05) is 6.54 Å². The van der Waals surface area contributed by atoms with E-state index in [1.165, 1.54) is 20.0 Å². The molecule has 1 saturated heterocycles. The Hall–Kier alpha value is -2.66. The van der Waals surface area contributed by atoms with Gasteiger partial charge >= 0.3 is 5.97 Å². The first-order valence-corrected chi connectivity index (χ1v) is 9.08. The Morgan fingerprint density at radius 3 is 2.69 bits per heavy atom. The predicted molar refractivity (Wildman–Crippen MR) is 101 cm³/mol. The summed E-state index contributed by atoms with van der Waals surface area (Å²) in [5.74, 6) is 0.774. The average molecular weight is 349 g/mol. The zero-order chi connectivity index (χ0) is 17.9. The van der Waals surface area contributed by atoms with Gasteiger partial charge in [-0.25, -0.2) is 9.78 Å². The number of fused-ring (bicyclic) bond motifs is 1. The fraction of sp³-hybridized carbons (Fsp3) is 0.333. The molecule has 0 saturated carbocycles. The number of methoxy groups -OCH3 is 1. The van der Waals surface area contributed by atoms with Crippen molar-refractivity contribution in [1.82, 2.24) is 14.5 Å². The summed E-state index contributed by atoms with van der Waals surface area (Å²) >= 11 is 0. The van der Waals surface area contributed by atoms with E-state index < -0.39 is 0 Å². The van der Waals surface area contributed by atoms with Gasteiger partial charge in [0.1, 0.15) is 5.82 Å². The molecule has 1 aliphatic heterocycles. The van der Waals surface area contributed by atoms with Crippen LogP contribution in [0.3, 0.4) is 0 Å². The Morgan fingerprint density at radius 2 is 1.88 bits per heavy atom. The van der Waals surface area contributed by atoms with Crippen molar-refractivity contribution in [2.75, 3.05) is 20.2 Å². The summed E-state index contributed by atoms with van der Waals surface area (Å²) in [6.07, 6.45) is 2.53. The number of para-hydroxylation sites is 2. The van der Waals surface area contributed by atoms with Crippen molar-refractivity contribution in [3.8, 4) is 0 Å². The standard InChI is InChI=1S/C21H23N3O2/c1-26-21(25)17-8-6-7-16(13-17)14-24-19-10-3-2-9-18(19)22-20(24)15-23-11-4-5-12-23/h2-3,6-10,13H,4-5,11-12,14-15H2,1H3. The van der Waals surface area contributed by atoms with E-state index in [0.29, 0.717) is 12.1 Å². The van der Waals surface area contributed by atoms with Crippen LogP contribution in [0.25, 0.3) is 11.0 Å². The number of esters is 1. The SMILES string of the molecule is COC(=O)c1cccc(Cn2c(CN3CCCC3)nc3ccccc32)c1. The summed E-state index contributed by atoms with van der Waals surface area (Å²) in [6, 6.07) is 15.9. The summed E-state index contributed by atoms with van der Waals surface area (Å²) in [6.45, 7) is 3.84. The van der Waals surface area contributed by atoms with E-state index in [1.54, 1.807) is 6.07 Å². The van der Waals surface area contributed by atoms with Crippen LogP contribution in [-0.2, 0) is 17.8 Å². The van der Waals surface area contributed by atoms with E-state index in [4.69, 9.17) is 9.72 Å². The average Bonchev–Trinajstić information content (AvgIpc) is 3.30. The summed E-state index contributed by atoms with van der Waals surface area (Å²) in [5.41, 5.74) is 3.80. The number of nitrogens with zero attached hydrogens (tertiary/aromatic N) is 3. The first-order chi connectivity index (χ1) is 12.7. The molecule has 2 aromatic carbocycles. The largest absolute Gasteiger partial charge is 0.465 e. The van der Waals surface area contributed by atoms with E-state index in [2.05, 4.69) is 21.6 Å². The molecule has 0 spiro atoms. The predicted octanol–water partition coefficient (Wildman–Crippen LogP) is 3.47. The molecule has 1 fully saturated rings. The van der Waals surface area contributed by atoms with Gasteiger partial charge in [-0.15, -0.1) is 0 Å².